The highest BCUT2D eigenvalue weighted by Gasteiger charge is 2.01. The molecule has 7 heteroatoms. The fraction of sp³-hybridized carbons (Fsp3) is 0.294. The van der Waals surface area contributed by atoms with E-state index in [1.807, 2.05) is 30.3 Å². The van der Waals surface area contributed by atoms with Crippen LogP contribution in [0.2, 0.25) is 10.0 Å². The molecular formula is C17H21Cl2IN4. The van der Waals surface area contributed by atoms with E-state index in [-0.39, 0.29) is 24.0 Å². The number of hydrogen-bond acceptors (Lipinski definition) is 2. The molecule has 0 aliphatic rings. The van der Waals surface area contributed by atoms with E-state index in [1.165, 1.54) is 0 Å². The first-order chi connectivity index (χ1) is 11.1. The standard InChI is InChI=1S/C17H20Cl2N4.HI/c18-14-7-6-13(16(19)12-14)4-3-10-22-17(20)23-11-8-15-5-1-2-9-21-15;/h1-2,5-7,9,12H,3-4,8,10-11H2,(H3,20,22,23);1H. The van der Waals surface area contributed by atoms with Crippen molar-refractivity contribution in [3.63, 3.8) is 0 Å². The molecule has 0 fully saturated rings. The molecule has 0 aliphatic heterocycles. The highest BCUT2D eigenvalue weighted by molar-refractivity contribution is 14.0. The van der Waals surface area contributed by atoms with Crippen LogP contribution in [0.25, 0.3) is 0 Å². The number of aliphatic imine (C=N–C) groups is 1. The summed E-state index contributed by atoms with van der Waals surface area (Å²) in [6.45, 7) is 1.37. The van der Waals surface area contributed by atoms with Crippen LogP contribution in [0.3, 0.4) is 0 Å². The Bertz CT molecular complexity index is 650. The molecule has 4 nitrogen and oxygen atoms in total. The second kappa shape index (κ2) is 11.5. The molecule has 0 saturated carbocycles. The summed E-state index contributed by atoms with van der Waals surface area (Å²) in [5.74, 6) is 0.461. The number of pyridine rings is 1. The summed E-state index contributed by atoms with van der Waals surface area (Å²) in [6, 6.07) is 11.4. The minimum atomic E-state index is 0. The van der Waals surface area contributed by atoms with Crippen molar-refractivity contribution in [3.05, 3.63) is 63.9 Å². The summed E-state index contributed by atoms with van der Waals surface area (Å²) in [5.41, 5.74) is 7.95. The molecule has 24 heavy (non-hydrogen) atoms. The van der Waals surface area contributed by atoms with Gasteiger partial charge in [-0.05, 0) is 42.7 Å². The van der Waals surface area contributed by atoms with E-state index in [1.54, 1.807) is 12.3 Å². The van der Waals surface area contributed by atoms with Crippen molar-refractivity contribution in [1.29, 1.82) is 0 Å². The lowest BCUT2D eigenvalue weighted by atomic mass is 10.1. The Hall–Kier alpha value is -1.05. The van der Waals surface area contributed by atoms with Gasteiger partial charge >= 0.3 is 0 Å². The third-order valence-electron chi connectivity index (χ3n) is 3.31. The molecule has 3 N–H and O–H groups in total. The largest absolute Gasteiger partial charge is 0.370 e. The van der Waals surface area contributed by atoms with Crippen LogP contribution in [0.4, 0.5) is 0 Å². The highest BCUT2D eigenvalue weighted by Crippen LogP contribution is 2.21. The zero-order valence-electron chi connectivity index (χ0n) is 13.2. The maximum atomic E-state index is 6.13. The third-order valence-corrected chi connectivity index (χ3v) is 3.90. The molecule has 0 aliphatic carbocycles. The zero-order chi connectivity index (χ0) is 16.5. The Morgan fingerprint density at radius 1 is 1.17 bits per heavy atom. The summed E-state index contributed by atoms with van der Waals surface area (Å²) in [5, 5.41) is 4.44. The molecule has 0 spiro atoms. The molecule has 130 valence electrons. The van der Waals surface area contributed by atoms with Crippen molar-refractivity contribution in [2.45, 2.75) is 19.3 Å². The van der Waals surface area contributed by atoms with Crippen LogP contribution in [0.5, 0.6) is 0 Å². The van der Waals surface area contributed by atoms with E-state index in [2.05, 4.69) is 15.3 Å². The van der Waals surface area contributed by atoms with E-state index in [9.17, 15) is 0 Å². The topological polar surface area (TPSA) is 63.3 Å². The first-order valence-corrected chi connectivity index (χ1v) is 8.28. The number of hydrogen-bond donors (Lipinski definition) is 2. The predicted molar refractivity (Wildman–Crippen MR) is 113 cm³/mol. The number of aryl methyl sites for hydroxylation is 1. The van der Waals surface area contributed by atoms with E-state index >= 15 is 0 Å². The Balaban J connectivity index is 0.00000288. The van der Waals surface area contributed by atoms with Crippen LogP contribution >= 0.6 is 47.2 Å². The normalized spacial score (nSPS) is 11.0. The molecule has 0 unspecified atom stereocenters. The molecule has 1 heterocycles. The number of rotatable bonds is 7. The van der Waals surface area contributed by atoms with Crippen LogP contribution in [0, 0.1) is 0 Å². The number of nitrogens with two attached hydrogens (primary N) is 1. The van der Waals surface area contributed by atoms with Gasteiger partial charge in [-0.1, -0.05) is 35.3 Å². The maximum absolute atomic E-state index is 6.13. The summed E-state index contributed by atoms with van der Waals surface area (Å²) in [7, 11) is 0. The summed E-state index contributed by atoms with van der Waals surface area (Å²) < 4.78 is 0. The molecule has 1 aromatic carbocycles. The van der Waals surface area contributed by atoms with Gasteiger partial charge in [-0.3, -0.25) is 9.98 Å². The summed E-state index contributed by atoms with van der Waals surface area (Å²) in [4.78, 5) is 8.57. The van der Waals surface area contributed by atoms with Gasteiger partial charge in [-0.25, -0.2) is 0 Å². The summed E-state index contributed by atoms with van der Waals surface area (Å²) in [6.07, 6.45) is 4.33. The van der Waals surface area contributed by atoms with Crippen molar-refractivity contribution in [1.82, 2.24) is 10.3 Å². The molecule has 2 aromatic rings. The molecule has 2 rings (SSSR count). The first kappa shape index (κ1) is 21.0. The number of halogens is 3. The Labute approximate surface area is 169 Å². The van der Waals surface area contributed by atoms with E-state index < -0.39 is 0 Å². The SMILES string of the molecule is I.NC(=NCCCc1ccc(Cl)cc1Cl)NCCc1ccccn1. The van der Waals surface area contributed by atoms with Crippen molar-refractivity contribution in [3.8, 4) is 0 Å². The molecule has 0 saturated heterocycles. The Morgan fingerprint density at radius 2 is 2.00 bits per heavy atom. The van der Waals surface area contributed by atoms with Crippen LogP contribution in [-0.4, -0.2) is 24.0 Å². The van der Waals surface area contributed by atoms with Crippen molar-refractivity contribution >= 4 is 53.1 Å². The van der Waals surface area contributed by atoms with Gasteiger partial charge in [0, 0.05) is 41.4 Å². The zero-order valence-corrected chi connectivity index (χ0v) is 17.1. The smallest absolute Gasteiger partial charge is 0.188 e. The second-order valence-corrected chi connectivity index (χ2v) is 5.95. The monoisotopic (exact) mass is 478 g/mol. The van der Waals surface area contributed by atoms with Gasteiger partial charge in [0.25, 0.3) is 0 Å². The number of nitrogens with one attached hydrogen (secondary N) is 1. The van der Waals surface area contributed by atoms with Gasteiger partial charge in [0.05, 0.1) is 0 Å². The number of nitrogens with zero attached hydrogens (tertiary/aromatic N) is 2. The molecule has 0 radical (unpaired) electrons. The van der Waals surface area contributed by atoms with E-state index in [0.717, 1.165) is 37.1 Å². The Morgan fingerprint density at radius 3 is 2.71 bits per heavy atom. The van der Waals surface area contributed by atoms with Crippen molar-refractivity contribution in [2.24, 2.45) is 10.7 Å². The van der Waals surface area contributed by atoms with Crippen LogP contribution in [-0.2, 0) is 12.8 Å². The molecule has 0 atom stereocenters. The fourth-order valence-electron chi connectivity index (χ4n) is 2.11. The average molecular weight is 479 g/mol. The molecule has 0 amide bonds. The van der Waals surface area contributed by atoms with Crippen LogP contribution in [0.15, 0.2) is 47.6 Å². The lowest BCUT2D eigenvalue weighted by Gasteiger charge is -2.06. The fourth-order valence-corrected chi connectivity index (χ4v) is 2.62. The van der Waals surface area contributed by atoms with Gasteiger partial charge in [0.1, 0.15) is 0 Å². The molecule has 0 bridgehead atoms. The van der Waals surface area contributed by atoms with Crippen molar-refractivity contribution in [2.75, 3.05) is 13.1 Å². The second-order valence-electron chi connectivity index (χ2n) is 5.10. The summed E-state index contributed by atoms with van der Waals surface area (Å²) >= 11 is 12.0. The minimum absolute atomic E-state index is 0. The van der Waals surface area contributed by atoms with Gasteiger partial charge in [-0.15, -0.1) is 24.0 Å². The Kier molecular flexibility index (Phi) is 10.1. The molecular weight excluding hydrogens is 458 g/mol. The molecule has 1 aromatic heterocycles. The number of guanidine groups is 1. The maximum Gasteiger partial charge on any atom is 0.188 e. The lowest BCUT2D eigenvalue weighted by Crippen LogP contribution is -2.33. The third kappa shape index (κ3) is 7.68. The predicted octanol–water partition coefficient (Wildman–Crippen LogP) is 4.09. The van der Waals surface area contributed by atoms with E-state index in [4.69, 9.17) is 28.9 Å². The van der Waals surface area contributed by atoms with Crippen molar-refractivity contribution < 1.29 is 0 Å². The average Bonchev–Trinajstić information content (AvgIpc) is 2.54. The number of benzene rings is 1. The highest BCUT2D eigenvalue weighted by atomic mass is 127. The van der Waals surface area contributed by atoms with E-state index in [0.29, 0.717) is 22.5 Å². The van der Waals surface area contributed by atoms with Gasteiger partial charge in [-0.2, -0.15) is 0 Å². The van der Waals surface area contributed by atoms with Crippen LogP contribution in [0.1, 0.15) is 17.7 Å². The van der Waals surface area contributed by atoms with Gasteiger partial charge in [0.2, 0.25) is 0 Å². The van der Waals surface area contributed by atoms with Gasteiger partial charge < -0.3 is 11.1 Å². The van der Waals surface area contributed by atoms with Gasteiger partial charge in [0.15, 0.2) is 5.96 Å². The lowest BCUT2D eigenvalue weighted by molar-refractivity contribution is 0.801. The minimum Gasteiger partial charge on any atom is -0.370 e. The number of aromatic nitrogens is 1. The first-order valence-electron chi connectivity index (χ1n) is 7.53. The van der Waals surface area contributed by atoms with Crippen LogP contribution < -0.4 is 11.1 Å². The quantitative estimate of drug-likeness (QED) is 0.272.